The first-order chi connectivity index (χ1) is 5.24. The van der Waals surface area contributed by atoms with Crippen LogP contribution >= 0.6 is 0 Å². The fourth-order valence-electron chi connectivity index (χ4n) is 1.72. The molecule has 3 nitrogen and oxygen atoms in total. The molecule has 0 bridgehead atoms. The van der Waals surface area contributed by atoms with Crippen LogP contribution in [-0.2, 0) is 0 Å². The van der Waals surface area contributed by atoms with Gasteiger partial charge in [0.25, 0.3) is 0 Å². The molecule has 0 radical (unpaired) electrons. The van der Waals surface area contributed by atoms with Crippen LogP contribution in [0.25, 0.3) is 0 Å². The second-order valence-corrected chi connectivity index (χ2v) is 3.33. The third-order valence-corrected chi connectivity index (χ3v) is 2.40. The molecule has 0 aromatic heterocycles. The molecule has 3 heteroatoms. The lowest BCUT2D eigenvalue weighted by atomic mass is 9.98. The molecule has 0 aromatic rings. The van der Waals surface area contributed by atoms with Crippen molar-refractivity contribution in [3.63, 3.8) is 0 Å². The highest BCUT2D eigenvalue weighted by atomic mass is 16.3. The first-order valence-electron chi connectivity index (χ1n) is 4.21. The maximum absolute atomic E-state index is 9.34. The molecule has 1 fully saturated rings. The Balaban J connectivity index is 2.24. The predicted octanol–water partition coefficient (Wildman–Crippen LogP) is -0.109. The molecule has 1 saturated carbocycles. The maximum Gasteiger partial charge on any atom is 0.0774 e. The minimum absolute atomic E-state index is 0.191. The van der Waals surface area contributed by atoms with Crippen molar-refractivity contribution < 1.29 is 15.3 Å². The molecule has 66 valence electrons. The SMILES string of the molecule is OCC(O)CC1CCCC1O. The predicted molar refractivity (Wildman–Crippen MR) is 41.1 cm³/mol. The molecular formula is C8H16O3. The van der Waals surface area contributed by atoms with Gasteiger partial charge in [-0.15, -0.1) is 0 Å². The van der Waals surface area contributed by atoms with Crippen molar-refractivity contribution in [3.05, 3.63) is 0 Å². The van der Waals surface area contributed by atoms with Gasteiger partial charge in [-0.25, -0.2) is 0 Å². The Bertz CT molecular complexity index is 116. The summed E-state index contributed by atoms with van der Waals surface area (Å²) in [4.78, 5) is 0. The van der Waals surface area contributed by atoms with E-state index in [9.17, 15) is 5.11 Å². The number of hydrogen-bond donors (Lipinski definition) is 3. The van der Waals surface area contributed by atoms with Crippen LogP contribution in [0.4, 0.5) is 0 Å². The van der Waals surface area contributed by atoms with Gasteiger partial charge in [0.2, 0.25) is 0 Å². The van der Waals surface area contributed by atoms with Gasteiger partial charge in [0.1, 0.15) is 0 Å². The van der Waals surface area contributed by atoms with E-state index >= 15 is 0 Å². The Kier molecular flexibility index (Phi) is 3.30. The second kappa shape index (κ2) is 4.04. The molecular weight excluding hydrogens is 144 g/mol. The molecule has 11 heavy (non-hydrogen) atoms. The van der Waals surface area contributed by atoms with Crippen molar-refractivity contribution >= 4 is 0 Å². The van der Waals surface area contributed by atoms with Crippen LogP contribution < -0.4 is 0 Å². The van der Waals surface area contributed by atoms with E-state index in [2.05, 4.69) is 0 Å². The third-order valence-electron chi connectivity index (χ3n) is 2.40. The zero-order valence-electron chi connectivity index (χ0n) is 6.61. The number of rotatable bonds is 3. The smallest absolute Gasteiger partial charge is 0.0774 e. The van der Waals surface area contributed by atoms with Gasteiger partial charge in [-0.05, 0) is 25.2 Å². The lowest BCUT2D eigenvalue weighted by Crippen LogP contribution is -2.22. The lowest BCUT2D eigenvalue weighted by molar-refractivity contribution is 0.0460. The van der Waals surface area contributed by atoms with Crippen LogP contribution in [0, 0.1) is 5.92 Å². The Labute approximate surface area is 66.7 Å². The van der Waals surface area contributed by atoms with E-state index in [1.165, 1.54) is 0 Å². The molecule has 0 amide bonds. The number of aliphatic hydroxyl groups excluding tert-OH is 3. The summed E-state index contributed by atoms with van der Waals surface area (Å²) in [5.74, 6) is 0.206. The summed E-state index contributed by atoms with van der Waals surface area (Å²) in [6.07, 6.45) is 2.52. The second-order valence-electron chi connectivity index (χ2n) is 3.33. The lowest BCUT2D eigenvalue weighted by Gasteiger charge is -2.16. The topological polar surface area (TPSA) is 60.7 Å². The molecule has 3 atom stereocenters. The van der Waals surface area contributed by atoms with E-state index in [1.807, 2.05) is 0 Å². The van der Waals surface area contributed by atoms with Gasteiger partial charge in [0.15, 0.2) is 0 Å². The molecule has 3 N–H and O–H groups in total. The average Bonchev–Trinajstić information content (AvgIpc) is 2.37. The molecule has 0 aromatic carbocycles. The van der Waals surface area contributed by atoms with E-state index in [-0.39, 0.29) is 18.6 Å². The number of hydrogen-bond acceptors (Lipinski definition) is 3. The zero-order valence-corrected chi connectivity index (χ0v) is 6.61. The van der Waals surface area contributed by atoms with Gasteiger partial charge < -0.3 is 15.3 Å². The Morgan fingerprint density at radius 2 is 2.09 bits per heavy atom. The molecule has 0 spiro atoms. The molecule has 0 saturated heterocycles. The summed E-state index contributed by atoms with van der Waals surface area (Å²) < 4.78 is 0. The monoisotopic (exact) mass is 160 g/mol. The van der Waals surface area contributed by atoms with E-state index in [0.29, 0.717) is 6.42 Å². The molecule has 1 aliphatic rings. The Morgan fingerprint density at radius 3 is 2.55 bits per heavy atom. The van der Waals surface area contributed by atoms with Gasteiger partial charge in [-0.3, -0.25) is 0 Å². The fraction of sp³-hybridized carbons (Fsp3) is 1.00. The Hall–Kier alpha value is -0.120. The van der Waals surface area contributed by atoms with Crippen LogP contribution in [0.3, 0.4) is 0 Å². The molecule has 1 aliphatic carbocycles. The fourth-order valence-corrected chi connectivity index (χ4v) is 1.72. The highest BCUT2D eigenvalue weighted by Crippen LogP contribution is 2.28. The van der Waals surface area contributed by atoms with E-state index in [1.54, 1.807) is 0 Å². The Morgan fingerprint density at radius 1 is 1.36 bits per heavy atom. The average molecular weight is 160 g/mol. The van der Waals surface area contributed by atoms with Crippen LogP contribution in [0.5, 0.6) is 0 Å². The van der Waals surface area contributed by atoms with E-state index in [4.69, 9.17) is 10.2 Å². The first-order valence-corrected chi connectivity index (χ1v) is 4.21. The van der Waals surface area contributed by atoms with Gasteiger partial charge in [0, 0.05) is 0 Å². The minimum Gasteiger partial charge on any atom is -0.394 e. The standard InChI is InChI=1S/C8H16O3/c9-5-7(10)4-6-2-1-3-8(6)11/h6-11H,1-5H2. The van der Waals surface area contributed by atoms with Crippen molar-refractivity contribution in [2.24, 2.45) is 5.92 Å². The van der Waals surface area contributed by atoms with E-state index < -0.39 is 6.10 Å². The van der Waals surface area contributed by atoms with Crippen LogP contribution in [0.15, 0.2) is 0 Å². The molecule has 1 rings (SSSR count). The summed E-state index contributed by atoms with van der Waals surface area (Å²) >= 11 is 0. The van der Waals surface area contributed by atoms with Crippen molar-refractivity contribution in [2.45, 2.75) is 37.9 Å². The van der Waals surface area contributed by atoms with Gasteiger partial charge in [-0.1, -0.05) is 6.42 Å². The quantitative estimate of drug-likeness (QED) is 0.540. The van der Waals surface area contributed by atoms with E-state index in [0.717, 1.165) is 19.3 Å². The highest BCUT2D eigenvalue weighted by molar-refractivity contribution is 4.78. The van der Waals surface area contributed by atoms with Crippen molar-refractivity contribution in [3.8, 4) is 0 Å². The summed E-state index contributed by atoms with van der Waals surface area (Å²) in [6.45, 7) is -0.191. The van der Waals surface area contributed by atoms with Gasteiger partial charge >= 0.3 is 0 Å². The molecule has 0 heterocycles. The molecule has 0 aliphatic heterocycles. The maximum atomic E-state index is 9.34. The van der Waals surface area contributed by atoms with Crippen LogP contribution in [0.1, 0.15) is 25.7 Å². The highest BCUT2D eigenvalue weighted by Gasteiger charge is 2.26. The number of aliphatic hydroxyl groups is 3. The van der Waals surface area contributed by atoms with Gasteiger partial charge in [-0.2, -0.15) is 0 Å². The van der Waals surface area contributed by atoms with Crippen molar-refractivity contribution in [1.29, 1.82) is 0 Å². The normalized spacial score (nSPS) is 34.1. The summed E-state index contributed by atoms with van der Waals surface area (Å²) in [7, 11) is 0. The van der Waals surface area contributed by atoms with Gasteiger partial charge in [0.05, 0.1) is 18.8 Å². The first kappa shape index (κ1) is 8.97. The summed E-state index contributed by atoms with van der Waals surface area (Å²) in [6, 6.07) is 0. The zero-order chi connectivity index (χ0) is 8.27. The van der Waals surface area contributed by atoms with Crippen LogP contribution in [-0.4, -0.2) is 34.1 Å². The minimum atomic E-state index is -0.646. The summed E-state index contributed by atoms with van der Waals surface area (Å²) in [5, 5.41) is 27.0. The summed E-state index contributed by atoms with van der Waals surface area (Å²) in [5.41, 5.74) is 0. The van der Waals surface area contributed by atoms with Crippen LogP contribution in [0.2, 0.25) is 0 Å². The largest absolute Gasteiger partial charge is 0.394 e. The van der Waals surface area contributed by atoms with Crippen molar-refractivity contribution in [1.82, 2.24) is 0 Å². The molecule has 3 unspecified atom stereocenters. The van der Waals surface area contributed by atoms with Crippen molar-refractivity contribution in [2.75, 3.05) is 6.61 Å². The third kappa shape index (κ3) is 2.43.